The van der Waals surface area contributed by atoms with Crippen molar-refractivity contribution in [3.63, 3.8) is 0 Å². The third-order valence-electron chi connectivity index (χ3n) is 5.66. The first kappa shape index (κ1) is 17.5. The van der Waals surface area contributed by atoms with Gasteiger partial charge in [-0.15, -0.1) is 0 Å². The fraction of sp³-hybridized carbons (Fsp3) is 0.409. The van der Waals surface area contributed by atoms with E-state index in [1.807, 2.05) is 12.1 Å². The van der Waals surface area contributed by atoms with Crippen molar-refractivity contribution >= 4 is 15.5 Å². The molecule has 2 aliphatic rings. The molecule has 0 fully saturated rings. The molecular weight excluding hydrogens is 342 g/mol. The summed E-state index contributed by atoms with van der Waals surface area (Å²) in [6.07, 6.45) is 7.91. The first-order valence-corrected chi connectivity index (χ1v) is 11.1. The van der Waals surface area contributed by atoms with Crippen molar-refractivity contribution in [2.24, 2.45) is 4.99 Å². The van der Waals surface area contributed by atoms with E-state index in [4.69, 9.17) is 0 Å². The number of aliphatic imine (C=N–C) groups is 1. The van der Waals surface area contributed by atoms with Crippen LogP contribution in [0.15, 0.2) is 63.3 Å². The molecule has 0 saturated carbocycles. The maximum absolute atomic E-state index is 12.9. The van der Waals surface area contributed by atoms with Crippen molar-refractivity contribution in [3.8, 4) is 0 Å². The molecule has 1 aliphatic carbocycles. The van der Waals surface area contributed by atoms with Crippen LogP contribution in [-0.2, 0) is 16.3 Å². The van der Waals surface area contributed by atoms with Crippen LogP contribution in [0, 0.1) is 0 Å². The smallest absolute Gasteiger partial charge is 0.206 e. The van der Waals surface area contributed by atoms with Crippen molar-refractivity contribution < 1.29 is 8.42 Å². The second kappa shape index (κ2) is 7.36. The molecule has 4 heteroatoms. The molecule has 0 N–H and O–H groups in total. The minimum absolute atomic E-state index is 0.367. The Bertz CT molecular complexity index is 916. The molecule has 4 rings (SSSR count). The highest BCUT2D eigenvalue weighted by Crippen LogP contribution is 2.37. The minimum atomic E-state index is -3.43. The molecule has 0 saturated heterocycles. The van der Waals surface area contributed by atoms with Crippen LogP contribution in [0.1, 0.15) is 55.6 Å². The van der Waals surface area contributed by atoms with Gasteiger partial charge in [-0.3, -0.25) is 4.99 Å². The Kier molecular flexibility index (Phi) is 4.94. The first-order chi connectivity index (χ1) is 12.6. The molecule has 1 atom stereocenters. The van der Waals surface area contributed by atoms with Gasteiger partial charge in [-0.2, -0.15) is 0 Å². The Morgan fingerprint density at radius 1 is 0.962 bits per heavy atom. The van der Waals surface area contributed by atoms with Gasteiger partial charge in [0.15, 0.2) is 0 Å². The predicted octanol–water partition coefficient (Wildman–Crippen LogP) is 4.95. The number of hydrogen-bond donors (Lipinski definition) is 0. The molecule has 2 aromatic rings. The molecule has 0 bridgehead atoms. The van der Waals surface area contributed by atoms with E-state index >= 15 is 0 Å². The molecule has 26 heavy (non-hydrogen) atoms. The highest BCUT2D eigenvalue weighted by atomic mass is 32.2. The van der Waals surface area contributed by atoms with Crippen LogP contribution < -0.4 is 0 Å². The average Bonchev–Trinajstić information content (AvgIpc) is 3.20. The van der Waals surface area contributed by atoms with Gasteiger partial charge in [0.05, 0.1) is 9.79 Å². The minimum Gasteiger partial charge on any atom is -0.294 e. The summed E-state index contributed by atoms with van der Waals surface area (Å²) < 4.78 is 25.8. The molecule has 3 nitrogen and oxygen atoms in total. The SMILES string of the molecule is O=S(=O)(c1ccccc1)c1ccc2c(c1)CCCC2CCC1=NCCC1. The summed E-state index contributed by atoms with van der Waals surface area (Å²) >= 11 is 0. The maximum Gasteiger partial charge on any atom is 0.206 e. The van der Waals surface area contributed by atoms with Crippen LogP contribution >= 0.6 is 0 Å². The highest BCUT2D eigenvalue weighted by molar-refractivity contribution is 7.91. The van der Waals surface area contributed by atoms with E-state index in [9.17, 15) is 8.42 Å². The summed E-state index contributed by atoms with van der Waals surface area (Å²) in [7, 11) is -3.43. The Hall–Kier alpha value is -1.94. The van der Waals surface area contributed by atoms with Gasteiger partial charge in [-0.05, 0) is 86.3 Å². The molecule has 1 unspecified atom stereocenters. The molecule has 0 spiro atoms. The number of nitrogens with zero attached hydrogens (tertiary/aromatic N) is 1. The quantitative estimate of drug-likeness (QED) is 0.750. The molecule has 0 amide bonds. The van der Waals surface area contributed by atoms with Crippen molar-refractivity contribution in [2.45, 2.75) is 60.7 Å². The van der Waals surface area contributed by atoms with Crippen LogP contribution in [0.3, 0.4) is 0 Å². The van der Waals surface area contributed by atoms with Crippen LogP contribution in [0.5, 0.6) is 0 Å². The lowest BCUT2D eigenvalue weighted by molar-refractivity contribution is 0.527. The Balaban J connectivity index is 1.58. The number of rotatable bonds is 5. The third-order valence-corrected chi connectivity index (χ3v) is 7.42. The van der Waals surface area contributed by atoms with Gasteiger partial charge in [0, 0.05) is 12.3 Å². The molecule has 0 radical (unpaired) electrons. The summed E-state index contributed by atoms with van der Waals surface area (Å²) in [5.41, 5.74) is 3.94. The fourth-order valence-corrected chi connectivity index (χ4v) is 5.57. The summed E-state index contributed by atoms with van der Waals surface area (Å²) in [5, 5.41) is 0. The topological polar surface area (TPSA) is 46.5 Å². The molecular formula is C22H25NO2S. The van der Waals surface area contributed by atoms with Gasteiger partial charge in [0.25, 0.3) is 0 Å². The molecule has 0 aromatic heterocycles. The van der Waals surface area contributed by atoms with Crippen molar-refractivity contribution in [1.29, 1.82) is 0 Å². The number of fused-ring (bicyclic) bond motifs is 1. The Morgan fingerprint density at radius 3 is 2.58 bits per heavy atom. The summed E-state index contributed by atoms with van der Waals surface area (Å²) in [5.74, 6) is 0.538. The lowest BCUT2D eigenvalue weighted by Gasteiger charge is -2.26. The van der Waals surface area contributed by atoms with Crippen LogP contribution in [0.2, 0.25) is 0 Å². The Labute approximate surface area is 156 Å². The lowest BCUT2D eigenvalue weighted by atomic mass is 9.80. The van der Waals surface area contributed by atoms with Gasteiger partial charge in [-0.1, -0.05) is 24.3 Å². The first-order valence-electron chi connectivity index (χ1n) is 9.60. The van der Waals surface area contributed by atoms with E-state index < -0.39 is 9.84 Å². The van der Waals surface area contributed by atoms with Crippen LogP contribution in [0.4, 0.5) is 0 Å². The highest BCUT2D eigenvalue weighted by Gasteiger charge is 2.24. The average molecular weight is 368 g/mol. The van der Waals surface area contributed by atoms with Gasteiger partial charge < -0.3 is 0 Å². The number of aryl methyl sites for hydroxylation is 1. The molecule has 1 heterocycles. The van der Waals surface area contributed by atoms with Crippen molar-refractivity contribution in [3.05, 3.63) is 59.7 Å². The predicted molar refractivity (Wildman–Crippen MR) is 105 cm³/mol. The van der Waals surface area contributed by atoms with E-state index in [0.29, 0.717) is 15.7 Å². The van der Waals surface area contributed by atoms with Gasteiger partial charge in [-0.25, -0.2) is 8.42 Å². The van der Waals surface area contributed by atoms with E-state index in [-0.39, 0.29) is 0 Å². The second-order valence-corrected chi connectivity index (χ2v) is 9.31. The van der Waals surface area contributed by atoms with E-state index in [1.54, 1.807) is 30.3 Å². The zero-order valence-corrected chi connectivity index (χ0v) is 15.8. The van der Waals surface area contributed by atoms with E-state index in [0.717, 1.165) is 38.6 Å². The fourth-order valence-electron chi connectivity index (χ4n) is 4.24. The van der Waals surface area contributed by atoms with Gasteiger partial charge in [0.2, 0.25) is 9.84 Å². The summed E-state index contributed by atoms with van der Waals surface area (Å²) in [6, 6.07) is 14.5. The third kappa shape index (κ3) is 3.48. The van der Waals surface area contributed by atoms with Crippen molar-refractivity contribution in [1.82, 2.24) is 0 Å². The zero-order valence-electron chi connectivity index (χ0n) is 15.0. The molecule has 1 aliphatic heterocycles. The second-order valence-electron chi connectivity index (χ2n) is 7.36. The van der Waals surface area contributed by atoms with Crippen molar-refractivity contribution in [2.75, 3.05) is 6.54 Å². The summed E-state index contributed by atoms with van der Waals surface area (Å²) in [4.78, 5) is 5.38. The van der Waals surface area contributed by atoms with Gasteiger partial charge in [0.1, 0.15) is 0 Å². The van der Waals surface area contributed by atoms with E-state index in [2.05, 4.69) is 11.1 Å². The number of sulfone groups is 1. The monoisotopic (exact) mass is 367 g/mol. The number of hydrogen-bond acceptors (Lipinski definition) is 3. The normalized spacial score (nSPS) is 19.8. The molecule has 136 valence electrons. The largest absolute Gasteiger partial charge is 0.294 e. The maximum atomic E-state index is 12.9. The summed E-state index contributed by atoms with van der Waals surface area (Å²) in [6.45, 7) is 0.997. The van der Waals surface area contributed by atoms with Crippen LogP contribution in [0.25, 0.3) is 0 Å². The Morgan fingerprint density at radius 2 is 1.81 bits per heavy atom. The lowest BCUT2D eigenvalue weighted by Crippen LogP contribution is -2.13. The number of benzene rings is 2. The van der Waals surface area contributed by atoms with Crippen LogP contribution in [-0.4, -0.2) is 20.7 Å². The molecule has 2 aromatic carbocycles. The van der Waals surface area contributed by atoms with Gasteiger partial charge >= 0.3 is 0 Å². The zero-order chi connectivity index (χ0) is 18.0. The standard InChI is InChI=1S/C22H25NO2S/c24-26(25,20-9-2-1-3-10-20)21-13-14-22-17(6-4-7-18(22)16-21)11-12-19-8-5-15-23-19/h1-3,9-10,13-14,16-17H,4-8,11-12,15H2. The van der Waals surface area contributed by atoms with E-state index in [1.165, 1.54) is 29.7 Å².